The fourth-order valence-corrected chi connectivity index (χ4v) is 3.32. The van der Waals surface area contributed by atoms with Crippen molar-refractivity contribution < 1.29 is 17.9 Å². The van der Waals surface area contributed by atoms with Crippen molar-refractivity contribution in [2.45, 2.75) is 13.5 Å². The summed E-state index contributed by atoms with van der Waals surface area (Å²) in [4.78, 5) is 12.1. The minimum absolute atomic E-state index is 0.0227. The van der Waals surface area contributed by atoms with Crippen LogP contribution in [0.2, 0.25) is 5.02 Å². The molecule has 2 aromatic carbocycles. The number of ether oxygens (including phenoxy) is 1. The molecule has 0 aliphatic heterocycles. The van der Waals surface area contributed by atoms with Gasteiger partial charge in [-0.25, -0.2) is 13.2 Å². The number of nitrogens with zero attached hydrogens (tertiary/aromatic N) is 1. The van der Waals surface area contributed by atoms with Crippen LogP contribution in [0.5, 0.6) is 0 Å². The Balaban J connectivity index is 2.51. The van der Waals surface area contributed by atoms with Crippen LogP contribution in [0.3, 0.4) is 0 Å². The fraction of sp³-hybridized carbons (Fsp3) is 0.235. The lowest BCUT2D eigenvalue weighted by atomic mass is 10.1. The van der Waals surface area contributed by atoms with Gasteiger partial charge in [0, 0.05) is 5.02 Å². The highest BCUT2D eigenvalue weighted by Gasteiger charge is 2.24. The van der Waals surface area contributed by atoms with Crippen LogP contribution in [0.15, 0.2) is 48.5 Å². The zero-order valence-electron chi connectivity index (χ0n) is 13.4. The maximum atomic E-state index is 12.3. The molecule has 0 spiro atoms. The van der Waals surface area contributed by atoms with Crippen LogP contribution in [0, 0.1) is 0 Å². The number of halogens is 1. The van der Waals surface area contributed by atoms with Gasteiger partial charge in [0.1, 0.15) is 0 Å². The van der Waals surface area contributed by atoms with Gasteiger partial charge in [0.15, 0.2) is 0 Å². The number of para-hydroxylation sites is 1. The average molecular weight is 368 g/mol. The molecule has 7 heteroatoms. The van der Waals surface area contributed by atoms with Gasteiger partial charge in [0.05, 0.1) is 30.7 Å². The Morgan fingerprint density at radius 1 is 1.12 bits per heavy atom. The van der Waals surface area contributed by atoms with Crippen LogP contribution in [-0.2, 0) is 21.3 Å². The number of carbonyl (C=O) groups excluding carboxylic acids is 1. The number of anilines is 1. The summed E-state index contributed by atoms with van der Waals surface area (Å²) in [7, 11) is -3.64. The summed E-state index contributed by atoms with van der Waals surface area (Å²) >= 11 is 6.14. The number of hydrogen-bond acceptors (Lipinski definition) is 4. The van der Waals surface area contributed by atoms with Gasteiger partial charge < -0.3 is 4.74 Å². The number of sulfonamides is 1. The van der Waals surface area contributed by atoms with Gasteiger partial charge in [-0.15, -0.1) is 0 Å². The molecule has 0 N–H and O–H groups in total. The summed E-state index contributed by atoms with van der Waals surface area (Å²) in [6.45, 7) is 1.92. The van der Waals surface area contributed by atoms with Crippen LogP contribution in [-0.4, -0.2) is 27.2 Å². The molecule has 0 bridgehead atoms. The molecule has 0 aliphatic rings. The van der Waals surface area contributed by atoms with E-state index in [9.17, 15) is 13.2 Å². The molecule has 2 rings (SSSR count). The van der Waals surface area contributed by atoms with Crippen LogP contribution in [0.25, 0.3) is 0 Å². The largest absolute Gasteiger partial charge is 0.462 e. The Morgan fingerprint density at radius 3 is 2.38 bits per heavy atom. The van der Waals surface area contributed by atoms with Crippen molar-refractivity contribution in [1.82, 2.24) is 0 Å². The van der Waals surface area contributed by atoms with Gasteiger partial charge >= 0.3 is 5.97 Å². The summed E-state index contributed by atoms with van der Waals surface area (Å²) in [6.07, 6.45) is 1.09. The summed E-state index contributed by atoms with van der Waals surface area (Å²) in [5.74, 6) is -0.569. The number of carbonyl (C=O) groups is 1. The number of benzene rings is 2. The third-order valence-electron chi connectivity index (χ3n) is 3.34. The molecule has 0 aromatic heterocycles. The van der Waals surface area contributed by atoms with Gasteiger partial charge in [-0.05, 0) is 30.7 Å². The minimum Gasteiger partial charge on any atom is -0.462 e. The lowest BCUT2D eigenvalue weighted by Crippen LogP contribution is -2.31. The van der Waals surface area contributed by atoms with Crippen molar-refractivity contribution in [2.24, 2.45) is 0 Å². The highest BCUT2D eigenvalue weighted by atomic mass is 35.5. The van der Waals surface area contributed by atoms with Crippen molar-refractivity contribution in [3.63, 3.8) is 0 Å². The van der Waals surface area contributed by atoms with Crippen molar-refractivity contribution in [1.29, 1.82) is 0 Å². The summed E-state index contributed by atoms with van der Waals surface area (Å²) in [5.41, 5.74) is 1.10. The van der Waals surface area contributed by atoms with Crippen molar-refractivity contribution in [3.05, 3.63) is 64.7 Å². The van der Waals surface area contributed by atoms with E-state index in [0.717, 1.165) is 10.6 Å². The summed E-state index contributed by atoms with van der Waals surface area (Å²) in [6, 6.07) is 13.4. The first-order valence-corrected chi connectivity index (χ1v) is 9.54. The van der Waals surface area contributed by atoms with E-state index in [-0.39, 0.29) is 24.4 Å². The van der Waals surface area contributed by atoms with Gasteiger partial charge in [0.2, 0.25) is 10.0 Å². The Kier molecular flexibility index (Phi) is 5.85. The van der Waals surface area contributed by atoms with Crippen LogP contribution < -0.4 is 4.31 Å². The van der Waals surface area contributed by atoms with Crippen molar-refractivity contribution >= 4 is 33.3 Å². The molecule has 0 saturated carbocycles. The highest BCUT2D eigenvalue weighted by Crippen LogP contribution is 2.27. The van der Waals surface area contributed by atoms with Gasteiger partial charge in [-0.3, -0.25) is 4.31 Å². The Morgan fingerprint density at radius 2 is 1.75 bits per heavy atom. The second-order valence-corrected chi connectivity index (χ2v) is 7.41. The van der Waals surface area contributed by atoms with E-state index >= 15 is 0 Å². The van der Waals surface area contributed by atoms with Crippen LogP contribution >= 0.6 is 11.6 Å². The minimum atomic E-state index is -3.64. The van der Waals surface area contributed by atoms with Crippen molar-refractivity contribution in [3.8, 4) is 0 Å². The monoisotopic (exact) mass is 367 g/mol. The molecule has 0 aliphatic carbocycles. The molecule has 128 valence electrons. The molecular formula is C17H18ClNO4S. The van der Waals surface area contributed by atoms with E-state index in [2.05, 4.69) is 0 Å². The van der Waals surface area contributed by atoms with Gasteiger partial charge in [-0.1, -0.05) is 41.9 Å². The smallest absolute Gasteiger partial charge is 0.340 e. The Bertz CT molecular complexity index is 836. The highest BCUT2D eigenvalue weighted by molar-refractivity contribution is 7.92. The van der Waals surface area contributed by atoms with E-state index in [1.165, 1.54) is 6.07 Å². The molecule has 0 radical (unpaired) electrons. The first-order valence-electron chi connectivity index (χ1n) is 7.32. The molecule has 0 amide bonds. The van der Waals surface area contributed by atoms with E-state index in [4.69, 9.17) is 16.3 Å². The number of hydrogen-bond donors (Lipinski definition) is 0. The second-order valence-electron chi connectivity index (χ2n) is 5.10. The van der Waals surface area contributed by atoms with E-state index < -0.39 is 16.0 Å². The maximum Gasteiger partial charge on any atom is 0.340 e. The molecule has 5 nitrogen and oxygen atoms in total. The SMILES string of the molecule is CCOC(=O)c1ccccc1N(Cc1ccccc1Cl)S(C)(=O)=O. The van der Waals surface area contributed by atoms with Crippen LogP contribution in [0.4, 0.5) is 5.69 Å². The second kappa shape index (κ2) is 7.68. The Hall–Kier alpha value is -2.05. The van der Waals surface area contributed by atoms with E-state index in [1.54, 1.807) is 49.4 Å². The third kappa shape index (κ3) is 4.27. The van der Waals surface area contributed by atoms with E-state index in [1.807, 2.05) is 0 Å². The standard InChI is InChI=1S/C17H18ClNO4S/c1-3-23-17(20)14-9-5-7-11-16(14)19(24(2,21)22)12-13-8-4-6-10-15(13)18/h4-11H,3,12H2,1-2H3. The first-order chi connectivity index (χ1) is 11.3. The Labute approximate surface area is 146 Å². The lowest BCUT2D eigenvalue weighted by Gasteiger charge is -2.24. The number of esters is 1. The molecule has 24 heavy (non-hydrogen) atoms. The molecule has 0 saturated heterocycles. The summed E-state index contributed by atoms with van der Waals surface area (Å²) in [5, 5.41) is 0.458. The molecule has 2 aromatic rings. The summed E-state index contributed by atoms with van der Waals surface area (Å²) < 4.78 is 30.8. The van der Waals surface area contributed by atoms with Crippen molar-refractivity contribution in [2.75, 3.05) is 17.2 Å². The predicted molar refractivity (Wildman–Crippen MR) is 94.9 cm³/mol. The van der Waals surface area contributed by atoms with Gasteiger partial charge in [0.25, 0.3) is 0 Å². The fourth-order valence-electron chi connectivity index (χ4n) is 2.23. The number of rotatable bonds is 6. The third-order valence-corrected chi connectivity index (χ3v) is 4.84. The predicted octanol–water partition coefficient (Wildman–Crippen LogP) is 3.48. The molecule has 0 unspecified atom stereocenters. The quantitative estimate of drug-likeness (QED) is 0.733. The van der Waals surface area contributed by atoms with E-state index in [0.29, 0.717) is 10.6 Å². The normalized spacial score (nSPS) is 11.1. The van der Waals surface area contributed by atoms with Crippen LogP contribution in [0.1, 0.15) is 22.8 Å². The average Bonchev–Trinajstić information content (AvgIpc) is 2.53. The maximum absolute atomic E-state index is 12.3. The topological polar surface area (TPSA) is 63.7 Å². The molecule has 0 atom stereocenters. The molecule has 0 fully saturated rings. The zero-order chi connectivity index (χ0) is 17.7. The zero-order valence-corrected chi connectivity index (χ0v) is 15.0. The van der Waals surface area contributed by atoms with Gasteiger partial charge in [-0.2, -0.15) is 0 Å². The molecule has 0 heterocycles. The first kappa shape index (κ1) is 18.3. The lowest BCUT2D eigenvalue weighted by molar-refractivity contribution is 0.0527. The molecular weight excluding hydrogens is 350 g/mol.